The van der Waals surface area contributed by atoms with Crippen LogP contribution in [-0.4, -0.2) is 46.5 Å². The van der Waals surface area contributed by atoms with Crippen molar-refractivity contribution in [1.29, 1.82) is 0 Å². The molecule has 2 aromatic rings. The number of carbonyl (C=O) groups excluding carboxylic acids is 2. The first-order valence-electron chi connectivity index (χ1n) is 13.7. The molecule has 0 saturated carbocycles. The molecule has 0 radical (unpaired) electrons. The van der Waals surface area contributed by atoms with Gasteiger partial charge in [0, 0.05) is 18.0 Å². The third kappa shape index (κ3) is 6.09. The summed E-state index contributed by atoms with van der Waals surface area (Å²) in [6, 6.07) is 12.0. The van der Waals surface area contributed by atoms with E-state index in [0.29, 0.717) is 18.4 Å². The fourth-order valence-electron chi connectivity index (χ4n) is 5.28. The average molecular weight is 510 g/mol. The Kier molecular flexibility index (Phi) is 10.1. The summed E-state index contributed by atoms with van der Waals surface area (Å²) < 4.78 is 6.24. The fraction of sp³-hybridized carbons (Fsp3) is 0.562. The number of ketones is 1. The van der Waals surface area contributed by atoms with Crippen molar-refractivity contribution in [2.45, 2.75) is 111 Å². The number of Topliss-reactive ketones (excluding diaryl/α,β-unsaturated/α-hetero) is 1. The number of aryl methyl sites for hydroxylation is 2. The Balaban J connectivity index is 2.45. The van der Waals surface area contributed by atoms with Gasteiger partial charge in [-0.1, -0.05) is 52.0 Å². The van der Waals surface area contributed by atoms with Crippen LogP contribution in [0.5, 0.6) is 5.75 Å². The van der Waals surface area contributed by atoms with Crippen LogP contribution >= 0.6 is 0 Å². The molecule has 0 fully saturated rings. The molecule has 0 saturated heterocycles. The number of likely N-dealkylation sites (N-methyl/N-ethyl adjacent to an activating group) is 1. The molecule has 1 N–H and O–H groups in total. The van der Waals surface area contributed by atoms with Crippen molar-refractivity contribution in [3.8, 4) is 5.75 Å². The van der Waals surface area contributed by atoms with Crippen LogP contribution in [-0.2, 0) is 10.2 Å². The number of benzene rings is 2. The smallest absolute Gasteiger partial charge is 0.254 e. The monoisotopic (exact) mass is 509 g/mol. The van der Waals surface area contributed by atoms with Gasteiger partial charge in [0.2, 0.25) is 0 Å². The zero-order valence-corrected chi connectivity index (χ0v) is 24.6. The van der Waals surface area contributed by atoms with E-state index in [0.717, 1.165) is 29.7 Å². The van der Waals surface area contributed by atoms with Gasteiger partial charge in [0.15, 0.2) is 5.78 Å². The number of hydrogen-bond donors (Lipinski definition) is 1. The fourth-order valence-corrected chi connectivity index (χ4v) is 5.28. The van der Waals surface area contributed by atoms with Gasteiger partial charge in [-0.15, -0.1) is 0 Å². The van der Waals surface area contributed by atoms with Gasteiger partial charge in [-0.3, -0.25) is 9.59 Å². The minimum Gasteiger partial charge on any atom is -0.487 e. The SMILES string of the molecule is CCC(CC)(c1ccc(OC(C)C(O)(CC)CC)c(C)c1)c1ccc(C(=O)N(C)C(C)C(C)=O)c(C)c1. The summed E-state index contributed by atoms with van der Waals surface area (Å²) in [6.45, 7) is 17.6. The summed E-state index contributed by atoms with van der Waals surface area (Å²) in [6.07, 6.45) is 2.76. The van der Waals surface area contributed by atoms with Crippen LogP contribution in [0.3, 0.4) is 0 Å². The van der Waals surface area contributed by atoms with Crippen LogP contribution in [0, 0.1) is 13.8 Å². The molecule has 0 aromatic heterocycles. The highest BCUT2D eigenvalue weighted by atomic mass is 16.5. The lowest BCUT2D eigenvalue weighted by molar-refractivity contribution is -0.120. The second kappa shape index (κ2) is 12.3. The van der Waals surface area contributed by atoms with Gasteiger partial charge in [-0.05, 0) is 94.7 Å². The summed E-state index contributed by atoms with van der Waals surface area (Å²) in [5.74, 6) is 0.612. The molecule has 2 atom stereocenters. The molecule has 1 amide bonds. The van der Waals surface area contributed by atoms with Crippen molar-refractivity contribution >= 4 is 11.7 Å². The van der Waals surface area contributed by atoms with E-state index in [9.17, 15) is 14.7 Å². The van der Waals surface area contributed by atoms with Gasteiger partial charge in [-0.25, -0.2) is 0 Å². The lowest BCUT2D eigenvalue weighted by atomic mass is 9.70. The van der Waals surface area contributed by atoms with Crippen LogP contribution < -0.4 is 4.74 Å². The third-order valence-electron chi connectivity index (χ3n) is 8.72. The van der Waals surface area contributed by atoms with Crippen LogP contribution in [0.1, 0.15) is 107 Å². The molecule has 0 spiro atoms. The summed E-state index contributed by atoms with van der Waals surface area (Å²) in [5.41, 5.74) is 3.86. The van der Waals surface area contributed by atoms with E-state index in [1.807, 2.05) is 39.8 Å². The quantitative estimate of drug-likeness (QED) is 0.343. The second-order valence-corrected chi connectivity index (χ2v) is 10.6. The topological polar surface area (TPSA) is 66.8 Å². The van der Waals surface area contributed by atoms with Gasteiger partial charge in [0.05, 0.1) is 6.04 Å². The highest BCUT2D eigenvalue weighted by Gasteiger charge is 2.34. The number of ether oxygens (including phenoxy) is 1. The van der Waals surface area contributed by atoms with Gasteiger partial charge >= 0.3 is 0 Å². The van der Waals surface area contributed by atoms with Crippen LogP contribution in [0.15, 0.2) is 36.4 Å². The summed E-state index contributed by atoms with van der Waals surface area (Å²) in [4.78, 5) is 26.4. The van der Waals surface area contributed by atoms with Crippen molar-refractivity contribution in [3.63, 3.8) is 0 Å². The lowest BCUT2D eigenvalue weighted by Gasteiger charge is -2.35. The molecule has 0 heterocycles. The Morgan fingerprint density at radius 1 is 0.892 bits per heavy atom. The highest BCUT2D eigenvalue weighted by Crippen LogP contribution is 2.41. The maximum absolute atomic E-state index is 13.1. The molecule has 5 nitrogen and oxygen atoms in total. The number of nitrogens with zero attached hydrogens (tertiary/aromatic N) is 1. The van der Waals surface area contributed by atoms with Crippen LogP contribution in [0.25, 0.3) is 0 Å². The Labute approximate surface area is 224 Å². The van der Waals surface area contributed by atoms with Crippen molar-refractivity contribution < 1.29 is 19.4 Å². The van der Waals surface area contributed by atoms with Crippen molar-refractivity contribution in [2.24, 2.45) is 0 Å². The molecule has 2 rings (SSSR count). The number of rotatable bonds is 12. The van der Waals surface area contributed by atoms with E-state index >= 15 is 0 Å². The first-order valence-corrected chi connectivity index (χ1v) is 13.7. The van der Waals surface area contributed by atoms with Gasteiger partial charge < -0.3 is 14.7 Å². The molecule has 0 bridgehead atoms. The minimum absolute atomic E-state index is 0.0348. The lowest BCUT2D eigenvalue weighted by Crippen LogP contribution is -2.43. The van der Waals surface area contributed by atoms with E-state index in [1.165, 1.54) is 23.0 Å². The van der Waals surface area contributed by atoms with E-state index in [-0.39, 0.29) is 23.2 Å². The standard InChI is InChI=1S/C32H47NO4/c1-11-31(12-2,26-15-17-28(21(5)19-26)30(35)33(10)23(7)24(8)34)27-16-18-29(22(6)20-27)37-25(9)32(36,13-3)14-4/h15-20,23,25,36H,11-14H2,1-10H3. The van der Waals surface area contributed by atoms with Crippen molar-refractivity contribution in [2.75, 3.05) is 7.05 Å². The number of amides is 1. The van der Waals surface area contributed by atoms with E-state index in [1.54, 1.807) is 14.0 Å². The summed E-state index contributed by atoms with van der Waals surface area (Å²) >= 11 is 0. The normalized spacial score (nSPS) is 13.7. The van der Waals surface area contributed by atoms with Crippen molar-refractivity contribution in [3.05, 3.63) is 64.2 Å². The Morgan fingerprint density at radius 2 is 1.41 bits per heavy atom. The molecule has 204 valence electrons. The maximum atomic E-state index is 13.1. The minimum atomic E-state index is -0.852. The Hall–Kier alpha value is -2.66. The molecule has 0 aliphatic carbocycles. The maximum Gasteiger partial charge on any atom is 0.254 e. The molecule has 0 aliphatic rings. The van der Waals surface area contributed by atoms with Gasteiger partial charge in [0.25, 0.3) is 5.91 Å². The second-order valence-electron chi connectivity index (χ2n) is 10.6. The molecular formula is C32H47NO4. The highest BCUT2D eigenvalue weighted by molar-refractivity contribution is 5.98. The van der Waals surface area contributed by atoms with Crippen molar-refractivity contribution in [1.82, 2.24) is 4.90 Å². The predicted octanol–water partition coefficient (Wildman–Crippen LogP) is 6.78. The summed E-state index contributed by atoms with van der Waals surface area (Å²) in [7, 11) is 1.68. The third-order valence-corrected chi connectivity index (χ3v) is 8.72. The zero-order chi connectivity index (χ0) is 28.1. The first-order chi connectivity index (χ1) is 17.3. The Bertz CT molecular complexity index is 1100. The number of aliphatic hydroxyl groups is 1. The zero-order valence-electron chi connectivity index (χ0n) is 24.6. The molecule has 0 aliphatic heterocycles. The average Bonchev–Trinajstić information content (AvgIpc) is 2.89. The van der Waals surface area contributed by atoms with Crippen LogP contribution in [0.4, 0.5) is 0 Å². The van der Waals surface area contributed by atoms with Gasteiger partial charge in [0.1, 0.15) is 17.5 Å². The molecule has 37 heavy (non-hydrogen) atoms. The molecular weight excluding hydrogens is 462 g/mol. The van der Waals surface area contributed by atoms with Gasteiger partial charge in [-0.2, -0.15) is 0 Å². The number of hydrogen-bond acceptors (Lipinski definition) is 4. The largest absolute Gasteiger partial charge is 0.487 e. The Morgan fingerprint density at radius 3 is 1.84 bits per heavy atom. The number of carbonyl (C=O) groups is 2. The molecule has 2 aromatic carbocycles. The summed E-state index contributed by atoms with van der Waals surface area (Å²) in [5, 5.41) is 10.9. The predicted molar refractivity (Wildman–Crippen MR) is 152 cm³/mol. The molecule has 5 heteroatoms. The molecule has 2 unspecified atom stereocenters. The van der Waals surface area contributed by atoms with Crippen LogP contribution in [0.2, 0.25) is 0 Å². The van der Waals surface area contributed by atoms with E-state index < -0.39 is 11.6 Å². The van der Waals surface area contributed by atoms with E-state index in [2.05, 4.69) is 45.0 Å². The van der Waals surface area contributed by atoms with E-state index in [4.69, 9.17) is 4.74 Å². The first kappa shape index (κ1) is 30.6.